The lowest BCUT2D eigenvalue weighted by atomic mass is 10.2. The van der Waals surface area contributed by atoms with E-state index in [-0.39, 0.29) is 0 Å². The molecule has 1 rings (SSSR count). The SMILES string of the molecule is C=C(C)C(N)=O.CC[N+](C)(C)Cc1ccccc1. The van der Waals surface area contributed by atoms with Gasteiger partial charge in [0.2, 0.25) is 5.91 Å². The molecule has 0 unspecified atom stereocenters. The van der Waals surface area contributed by atoms with E-state index in [2.05, 4.69) is 57.9 Å². The van der Waals surface area contributed by atoms with Crippen molar-refractivity contribution in [3.05, 3.63) is 48.0 Å². The van der Waals surface area contributed by atoms with Crippen LogP contribution in [0, 0.1) is 0 Å². The van der Waals surface area contributed by atoms with Crippen molar-refractivity contribution in [2.45, 2.75) is 20.4 Å². The molecular weight excluding hydrogens is 224 g/mol. The molecule has 0 saturated carbocycles. The molecule has 0 aliphatic rings. The van der Waals surface area contributed by atoms with E-state index in [1.165, 1.54) is 12.1 Å². The van der Waals surface area contributed by atoms with E-state index in [4.69, 9.17) is 5.73 Å². The lowest BCUT2D eigenvalue weighted by molar-refractivity contribution is -0.901. The molecule has 0 heterocycles. The normalized spacial score (nSPS) is 10.2. The summed E-state index contributed by atoms with van der Waals surface area (Å²) >= 11 is 0. The molecule has 0 radical (unpaired) electrons. The second kappa shape index (κ2) is 7.67. The van der Waals surface area contributed by atoms with Gasteiger partial charge < -0.3 is 10.2 Å². The zero-order valence-electron chi connectivity index (χ0n) is 11.9. The maximum absolute atomic E-state index is 9.82. The Kier molecular flexibility index (Phi) is 6.98. The summed E-state index contributed by atoms with van der Waals surface area (Å²) in [5.74, 6) is -0.435. The van der Waals surface area contributed by atoms with Gasteiger partial charge in [0, 0.05) is 11.1 Å². The van der Waals surface area contributed by atoms with Crippen LogP contribution in [0.1, 0.15) is 19.4 Å². The number of primary amides is 1. The highest BCUT2D eigenvalue weighted by atomic mass is 16.1. The van der Waals surface area contributed by atoms with Crippen molar-refractivity contribution in [2.75, 3.05) is 20.6 Å². The van der Waals surface area contributed by atoms with E-state index in [0.29, 0.717) is 5.57 Å². The molecule has 0 aromatic heterocycles. The third-order valence-corrected chi connectivity index (χ3v) is 2.73. The number of carbonyl (C=O) groups is 1. The topological polar surface area (TPSA) is 43.1 Å². The number of quaternary nitrogens is 1. The fraction of sp³-hybridized carbons (Fsp3) is 0.400. The van der Waals surface area contributed by atoms with Gasteiger partial charge in [0.05, 0.1) is 20.6 Å². The van der Waals surface area contributed by atoms with Gasteiger partial charge in [-0.2, -0.15) is 0 Å². The Bertz CT molecular complexity index is 371. The third-order valence-electron chi connectivity index (χ3n) is 2.73. The molecule has 1 aromatic carbocycles. The van der Waals surface area contributed by atoms with Gasteiger partial charge in [-0.15, -0.1) is 0 Å². The van der Waals surface area contributed by atoms with Crippen LogP contribution < -0.4 is 5.73 Å². The smallest absolute Gasteiger partial charge is 0.243 e. The van der Waals surface area contributed by atoms with Crippen LogP contribution in [0.25, 0.3) is 0 Å². The zero-order valence-corrected chi connectivity index (χ0v) is 11.9. The zero-order chi connectivity index (χ0) is 14.2. The molecule has 2 N–H and O–H groups in total. The van der Waals surface area contributed by atoms with Crippen molar-refractivity contribution < 1.29 is 9.28 Å². The predicted octanol–water partition coefficient (Wildman–Crippen LogP) is 2.33. The van der Waals surface area contributed by atoms with Gasteiger partial charge in [-0.1, -0.05) is 36.9 Å². The van der Waals surface area contributed by atoms with Crippen LogP contribution in [-0.2, 0) is 11.3 Å². The highest BCUT2D eigenvalue weighted by molar-refractivity contribution is 5.90. The summed E-state index contributed by atoms with van der Waals surface area (Å²) in [7, 11) is 4.51. The first kappa shape index (κ1) is 16.4. The summed E-state index contributed by atoms with van der Waals surface area (Å²) in [4.78, 5) is 9.82. The van der Waals surface area contributed by atoms with E-state index in [1.807, 2.05) is 0 Å². The average Bonchev–Trinajstić information content (AvgIpc) is 2.30. The van der Waals surface area contributed by atoms with Crippen LogP contribution in [0.15, 0.2) is 42.5 Å². The van der Waals surface area contributed by atoms with Crippen LogP contribution in [0.3, 0.4) is 0 Å². The molecule has 3 nitrogen and oxygen atoms in total. The first-order chi connectivity index (χ1) is 8.28. The lowest BCUT2D eigenvalue weighted by Gasteiger charge is -2.28. The molecular formula is C15H25N2O+. The Morgan fingerprint density at radius 1 is 1.28 bits per heavy atom. The third kappa shape index (κ3) is 7.63. The molecule has 0 aliphatic heterocycles. The van der Waals surface area contributed by atoms with E-state index in [1.54, 1.807) is 6.92 Å². The first-order valence-electron chi connectivity index (χ1n) is 6.09. The fourth-order valence-electron chi connectivity index (χ4n) is 1.19. The molecule has 0 bridgehead atoms. The number of nitrogens with zero attached hydrogens (tertiary/aromatic N) is 1. The van der Waals surface area contributed by atoms with Crippen LogP contribution in [0.5, 0.6) is 0 Å². The summed E-state index contributed by atoms with van der Waals surface area (Å²) in [5.41, 5.74) is 6.52. The van der Waals surface area contributed by atoms with Crippen LogP contribution in [-0.4, -0.2) is 31.0 Å². The Labute approximate surface area is 111 Å². The van der Waals surface area contributed by atoms with E-state index >= 15 is 0 Å². The lowest BCUT2D eigenvalue weighted by Crippen LogP contribution is -2.38. The Hall–Kier alpha value is -1.61. The minimum absolute atomic E-state index is 0.398. The highest BCUT2D eigenvalue weighted by Crippen LogP contribution is 2.07. The van der Waals surface area contributed by atoms with Gasteiger partial charge in [0.25, 0.3) is 0 Å². The monoisotopic (exact) mass is 249 g/mol. The van der Waals surface area contributed by atoms with Crippen molar-refractivity contribution in [3.63, 3.8) is 0 Å². The molecule has 1 aromatic rings. The quantitative estimate of drug-likeness (QED) is 0.646. The minimum atomic E-state index is -0.435. The van der Waals surface area contributed by atoms with Gasteiger partial charge in [-0.3, -0.25) is 4.79 Å². The molecule has 18 heavy (non-hydrogen) atoms. The average molecular weight is 249 g/mol. The maximum Gasteiger partial charge on any atom is 0.243 e. The first-order valence-corrected chi connectivity index (χ1v) is 6.09. The summed E-state index contributed by atoms with van der Waals surface area (Å²) < 4.78 is 1.06. The standard InChI is InChI=1S/C11H18N.C4H7NO/c1-4-12(2,3)10-11-8-6-5-7-9-11;1-3(2)4(5)6/h5-9H,4,10H2,1-3H3;1H2,2H3,(H2,5,6)/q+1;. The number of nitrogens with two attached hydrogens (primary N) is 1. The summed E-state index contributed by atoms with van der Waals surface area (Å²) in [6.07, 6.45) is 0. The van der Waals surface area contributed by atoms with Crippen molar-refractivity contribution in [3.8, 4) is 0 Å². The van der Waals surface area contributed by atoms with Gasteiger partial charge in [0.15, 0.2) is 0 Å². The highest BCUT2D eigenvalue weighted by Gasteiger charge is 2.11. The summed E-state index contributed by atoms with van der Waals surface area (Å²) in [5, 5.41) is 0. The van der Waals surface area contributed by atoms with Crippen LogP contribution in [0.4, 0.5) is 0 Å². The summed E-state index contributed by atoms with van der Waals surface area (Å²) in [6, 6.07) is 10.6. The van der Waals surface area contributed by atoms with E-state index in [9.17, 15) is 4.79 Å². The molecule has 0 spiro atoms. The Morgan fingerprint density at radius 3 is 2.06 bits per heavy atom. The maximum atomic E-state index is 9.82. The van der Waals surface area contributed by atoms with Gasteiger partial charge in [-0.25, -0.2) is 0 Å². The number of carbonyl (C=O) groups excluding carboxylic acids is 1. The fourth-order valence-corrected chi connectivity index (χ4v) is 1.19. The van der Waals surface area contributed by atoms with E-state index in [0.717, 1.165) is 11.0 Å². The Morgan fingerprint density at radius 2 is 1.72 bits per heavy atom. The molecule has 0 saturated heterocycles. The van der Waals surface area contributed by atoms with Crippen LogP contribution >= 0.6 is 0 Å². The van der Waals surface area contributed by atoms with Crippen LogP contribution in [0.2, 0.25) is 0 Å². The Balaban J connectivity index is 0.000000411. The summed E-state index contributed by atoms with van der Waals surface area (Å²) in [6.45, 7) is 9.37. The minimum Gasteiger partial charge on any atom is -0.366 e. The number of hydrogen-bond acceptors (Lipinski definition) is 1. The number of amides is 1. The predicted molar refractivity (Wildman–Crippen MR) is 76.8 cm³/mol. The van der Waals surface area contributed by atoms with Crippen molar-refractivity contribution in [1.29, 1.82) is 0 Å². The largest absolute Gasteiger partial charge is 0.366 e. The number of rotatable bonds is 4. The van der Waals surface area contributed by atoms with Crippen molar-refractivity contribution >= 4 is 5.91 Å². The molecule has 100 valence electrons. The molecule has 0 aliphatic carbocycles. The molecule has 0 atom stereocenters. The van der Waals surface area contributed by atoms with Crippen molar-refractivity contribution in [1.82, 2.24) is 0 Å². The van der Waals surface area contributed by atoms with Gasteiger partial charge in [-0.05, 0) is 13.8 Å². The molecule has 3 heteroatoms. The molecule has 1 amide bonds. The second-order valence-electron chi connectivity index (χ2n) is 5.04. The van der Waals surface area contributed by atoms with Gasteiger partial charge >= 0.3 is 0 Å². The van der Waals surface area contributed by atoms with Gasteiger partial charge in [0.1, 0.15) is 6.54 Å². The second-order valence-corrected chi connectivity index (χ2v) is 5.04. The van der Waals surface area contributed by atoms with Crippen molar-refractivity contribution in [2.24, 2.45) is 5.73 Å². The van der Waals surface area contributed by atoms with E-state index < -0.39 is 5.91 Å². The number of benzene rings is 1. The number of hydrogen-bond donors (Lipinski definition) is 1. The molecule has 0 fully saturated rings.